The summed E-state index contributed by atoms with van der Waals surface area (Å²) >= 11 is 0. The minimum Gasteiger partial charge on any atom is -0.503 e. The summed E-state index contributed by atoms with van der Waals surface area (Å²) in [6.45, 7) is 0. The van der Waals surface area contributed by atoms with E-state index in [0.717, 1.165) is 66.8 Å². The topological polar surface area (TPSA) is 75.0 Å². The maximum atomic E-state index is 6.40. The van der Waals surface area contributed by atoms with E-state index in [4.69, 9.17) is 19.4 Å². The molecule has 0 aliphatic heterocycles. The van der Waals surface area contributed by atoms with E-state index in [2.05, 4.69) is 58.5 Å². The third kappa shape index (κ3) is 8.26. The van der Waals surface area contributed by atoms with Crippen LogP contribution in [0.5, 0.6) is 23.0 Å². The maximum Gasteiger partial charge on any atom is 2.00 e. The van der Waals surface area contributed by atoms with E-state index in [9.17, 15) is 0 Å². The number of fused-ring (bicyclic) bond motifs is 3. The van der Waals surface area contributed by atoms with Crippen LogP contribution >= 0.6 is 0 Å². The molecule has 9 heteroatoms. The van der Waals surface area contributed by atoms with Crippen molar-refractivity contribution in [1.29, 1.82) is 0 Å². The summed E-state index contributed by atoms with van der Waals surface area (Å²) < 4.78 is 14.7. The van der Waals surface area contributed by atoms with Crippen LogP contribution in [0.15, 0.2) is 176 Å². The van der Waals surface area contributed by atoms with Gasteiger partial charge in [0, 0.05) is 35.4 Å². The van der Waals surface area contributed by atoms with Crippen molar-refractivity contribution in [3.8, 4) is 74.0 Å². The Balaban J connectivity index is 0.00000242. The molecule has 0 bridgehead atoms. The summed E-state index contributed by atoms with van der Waals surface area (Å²) in [6, 6.07) is 67.2. The summed E-state index contributed by atoms with van der Waals surface area (Å²) in [7, 11) is 0. The van der Waals surface area contributed by atoms with Gasteiger partial charge in [-0.1, -0.05) is 108 Å². The zero-order valence-electron chi connectivity index (χ0n) is 30.9. The molecule has 0 saturated heterocycles. The number of pyridine rings is 2. The third-order valence-electron chi connectivity index (χ3n) is 9.45. The van der Waals surface area contributed by atoms with E-state index >= 15 is 0 Å². The van der Waals surface area contributed by atoms with Crippen LogP contribution in [0.4, 0.5) is 0 Å². The number of nitrogens with zero attached hydrogens (tertiary/aromatic N) is 5. The van der Waals surface area contributed by atoms with E-state index in [1.165, 1.54) is 0 Å². The molecule has 0 fully saturated rings. The van der Waals surface area contributed by atoms with Gasteiger partial charge in [0.1, 0.15) is 0 Å². The normalized spacial score (nSPS) is 10.8. The first-order valence-corrected chi connectivity index (χ1v) is 18.4. The smallest absolute Gasteiger partial charge is 0.503 e. The Bertz CT molecular complexity index is 2850. The van der Waals surface area contributed by atoms with E-state index in [-0.39, 0.29) is 42.1 Å². The van der Waals surface area contributed by atoms with Gasteiger partial charge in [0.05, 0.1) is 11.4 Å². The molecule has 0 radical (unpaired) electrons. The average molecular weight is 1120 g/mol. The van der Waals surface area contributed by atoms with Crippen molar-refractivity contribution in [1.82, 2.24) is 24.5 Å². The Labute approximate surface area is 369 Å². The van der Waals surface area contributed by atoms with Gasteiger partial charge in [-0.05, 0) is 40.7 Å². The molecule has 0 aliphatic rings. The standard InChI is InChI=1S/C50H29N5O2.2Pt/c1-3-12-34(13-4-1)44-20-9-22-46(53-44)36-16-7-18-38(30-36)56-40-24-26-42-43-27-25-41(33-49(43)55(48(42)32-40)50-51-28-11-29-52-50)57-39-19-8-17-37(31-39)47-23-10-21-45(54-47)35-14-5-2-6-15-35;;/h1-29H;;/q-4;2*+2. The number of ether oxygens (including phenoxy) is 2. The van der Waals surface area contributed by atoms with Gasteiger partial charge in [-0.3, -0.25) is 9.97 Å². The minimum atomic E-state index is 0. The monoisotopic (exact) mass is 1120 g/mol. The van der Waals surface area contributed by atoms with Crippen LogP contribution in [0.3, 0.4) is 0 Å². The van der Waals surface area contributed by atoms with E-state index in [1.54, 1.807) is 18.5 Å². The van der Waals surface area contributed by atoms with Crippen molar-refractivity contribution >= 4 is 21.8 Å². The van der Waals surface area contributed by atoms with Crippen molar-refractivity contribution in [3.63, 3.8) is 0 Å². The molecule has 0 atom stereocenters. The number of hydrogen-bond donors (Lipinski definition) is 0. The number of aromatic nitrogens is 5. The molecule has 59 heavy (non-hydrogen) atoms. The molecule has 4 aromatic heterocycles. The van der Waals surface area contributed by atoms with Crippen LogP contribution in [0.1, 0.15) is 0 Å². The average Bonchev–Trinajstić information content (AvgIpc) is 3.60. The van der Waals surface area contributed by atoms with Crippen molar-refractivity contribution in [2.24, 2.45) is 0 Å². The molecule has 0 aliphatic carbocycles. The van der Waals surface area contributed by atoms with Gasteiger partial charge in [0.25, 0.3) is 0 Å². The van der Waals surface area contributed by atoms with Crippen molar-refractivity contribution < 1.29 is 51.6 Å². The zero-order chi connectivity index (χ0) is 38.0. The van der Waals surface area contributed by atoms with Crippen molar-refractivity contribution in [2.45, 2.75) is 0 Å². The van der Waals surface area contributed by atoms with Gasteiger partial charge in [0.2, 0.25) is 5.95 Å². The Hall–Kier alpha value is -6.52. The molecular formula is C50H29N5O2Pt2. The maximum absolute atomic E-state index is 6.40. The zero-order valence-corrected chi connectivity index (χ0v) is 35.5. The second-order valence-electron chi connectivity index (χ2n) is 13.2. The Kier molecular flexibility index (Phi) is 11.7. The van der Waals surface area contributed by atoms with E-state index in [1.807, 2.05) is 138 Å². The van der Waals surface area contributed by atoms with Crippen LogP contribution in [0, 0.1) is 24.3 Å². The van der Waals surface area contributed by atoms with Crippen molar-refractivity contribution in [2.75, 3.05) is 0 Å². The van der Waals surface area contributed by atoms with E-state index in [0.29, 0.717) is 28.9 Å². The van der Waals surface area contributed by atoms with Crippen LogP contribution in [-0.4, -0.2) is 24.5 Å². The Morgan fingerprint density at radius 1 is 0.373 bits per heavy atom. The summed E-state index contributed by atoms with van der Waals surface area (Å²) in [5, 5.41) is 1.87. The Morgan fingerprint density at radius 2 is 0.797 bits per heavy atom. The molecule has 6 aromatic carbocycles. The van der Waals surface area contributed by atoms with Gasteiger partial charge < -0.3 is 14.0 Å². The Morgan fingerprint density at radius 3 is 1.27 bits per heavy atom. The van der Waals surface area contributed by atoms with Crippen LogP contribution in [0.25, 0.3) is 72.8 Å². The van der Waals surface area contributed by atoms with E-state index < -0.39 is 0 Å². The van der Waals surface area contributed by atoms with Gasteiger partial charge in [0.15, 0.2) is 0 Å². The minimum absolute atomic E-state index is 0. The summed E-state index contributed by atoms with van der Waals surface area (Å²) in [5.74, 6) is 2.56. The first-order valence-electron chi connectivity index (χ1n) is 18.4. The third-order valence-corrected chi connectivity index (χ3v) is 9.45. The number of benzene rings is 6. The fourth-order valence-electron chi connectivity index (χ4n) is 6.81. The summed E-state index contributed by atoms with van der Waals surface area (Å²) in [4.78, 5) is 19.0. The summed E-state index contributed by atoms with van der Waals surface area (Å²) in [5.41, 5.74) is 8.58. The van der Waals surface area contributed by atoms with Gasteiger partial charge in [-0.15, -0.1) is 71.8 Å². The van der Waals surface area contributed by atoms with Gasteiger partial charge in [-0.25, -0.2) is 9.97 Å². The summed E-state index contributed by atoms with van der Waals surface area (Å²) in [6.07, 6.45) is 3.42. The predicted molar refractivity (Wildman–Crippen MR) is 222 cm³/mol. The van der Waals surface area contributed by atoms with Crippen LogP contribution in [-0.2, 0) is 42.1 Å². The number of hydrogen-bond acceptors (Lipinski definition) is 6. The predicted octanol–water partition coefficient (Wildman–Crippen LogP) is 11.8. The molecule has 0 saturated carbocycles. The molecule has 10 aromatic rings. The second-order valence-corrected chi connectivity index (χ2v) is 13.2. The first kappa shape index (κ1) is 39.3. The fourth-order valence-corrected chi connectivity index (χ4v) is 6.81. The quantitative estimate of drug-likeness (QED) is 0.134. The molecule has 7 nitrogen and oxygen atoms in total. The largest absolute Gasteiger partial charge is 2.00 e. The number of rotatable bonds is 9. The fraction of sp³-hybridized carbons (Fsp3) is 0. The molecule has 10 rings (SSSR count). The van der Waals surface area contributed by atoms with Crippen LogP contribution < -0.4 is 9.47 Å². The second kappa shape index (κ2) is 17.5. The SMILES string of the molecule is [Pt+2].[Pt+2].[c-]1c(Oc2[c-]c3c(cc2)c2ccc(Oc4[c-]c(-c5cccc(-c6ccccc6)n5)ccc4)[c-]c2n3-c2ncccn2)cccc1-c1cccc(-c2ccccc2)n1. The molecule has 4 heterocycles. The molecule has 0 N–H and O–H groups in total. The first-order chi connectivity index (χ1) is 28.2. The van der Waals surface area contributed by atoms with Gasteiger partial charge >= 0.3 is 42.1 Å². The van der Waals surface area contributed by atoms with Crippen LogP contribution in [0.2, 0.25) is 0 Å². The van der Waals surface area contributed by atoms with Gasteiger partial charge in [-0.2, -0.15) is 22.9 Å². The molecule has 0 amide bonds. The molecule has 286 valence electrons. The van der Waals surface area contributed by atoms with Crippen molar-refractivity contribution in [3.05, 3.63) is 200 Å². The molecule has 0 spiro atoms. The molecular weight excluding hydrogens is 1090 g/mol. The molecule has 0 unspecified atom stereocenters.